The molecule has 0 saturated heterocycles. The molecule has 0 radical (unpaired) electrons. The van der Waals surface area contributed by atoms with E-state index in [-0.39, 0.29) is 12.2 Å². The lowest BCUT2D eigenvalue weighted by atomic mass is 10.1. The van der Waals surface area contributed by atoms with Crippen LogP contribution in [0.25, 0.3) is 11.0 Å². The molecule has 2 aromatic heterocycles. The predicted octanol–water partition coefficient (Wildman–Crippen LogP) is 2.45. The van der Waals surface area contributed by atoms with Crippen molar-refractivity contribution in [3.63, 3.8) is 0 Å². The summed E-state index contributed by atoms with van der Waals surface area (Å²) in [7, 11) is 1.93. The molecule has 0 aliphatic carbocycles. The Balaban J connectivity index is 1.86. The van der Waals surface area contributed by atoms with E-state index in [2.05, 4.69) is 4.98 Å². The number of thiophene rings is 1. The SMILES string of the molecule is Cn1c(CC(=O)C(N)c2cccs2)nc2ccccc21. The van der Waals surface area contributed by atoms with E-state index in [1.807, 2.05) is 53.4 Å². The van der Waals surface area contributed by atoms with Crippen molar-refractivity contribution in [1.29, 1.82) is 0 Å². The monoisotopic (exact) mass is 285 g/mol. The van der Waals surface area contributed by atoms with Crippen LogP contribution in [0.4, 0.5) is 0 Å². The van der Waals surface area contributed by atoms with Crippen molar-refractivity contribution < 1.29 is 4.79 Å². The molecule has 0 fully saturated rings. The van der Waals surface area contributed by atoms with E-state index in [0.717, 1.165) is 21.7 Å². The number of Topliss-reactive ketones (excluding diaryl/α,β-unsaturated/α-hetero) is 1. The highest BCUT2D eigenvalue weighted by atomic mass is 32.1. The van der Waals surface area contributed by atoms with Gasteiger partial charge in [-0.25, -0.2) is 4.98 Å². The van der Waals surface area contributed by atoms with E-state index in [4.69, 9.17) is 5.73 Å². The second-order valence-corrected chi connectivity index (χ2v) is 5.69. The first-order valence-corrected chi connectivity index (χ1v) is 7.27. The van der Waals surface area contributed by atoms with Crippen molar-refractivity contribution >= 4 is 28.2 Å². The number of carbonyl (C=O) groups is 1. The van der Waals surface area contributed by atoms with Crippen LogP contribution in [0.1, 0.15) is 16.7 Å². The van der Waals surface area contributed by atoms with Gasteiger partial charge in [0.05, 0.1) is 23.5 Å². The van der Waals surface area contributed by atoms with Crippen LogP contribution in [-0.2, 0) is 18.3 Å². The van der Waals surface area contributed by atoms with Gasteiger partial charge < -0.3 is 10.3 Å². The van der Waals surface area contributed by atoms with Crippen molar-refractivity contribution in [2.45, 2.75) is 12.5 Å². The molecule has 20 heavy (non-hydrogen) atoms. The van der Waals surface area contributed by atoms with Crippen LogP contribution in [0.15, 0.2) is 41.8 Å². The normalized spacial score (nSPS) is 12.7. The summed E-state index contributed by atoms with van der Waals surface area (Å²) < 4.78 is 1.95. The van der Waals surface area contributed by atoms with E-state index in [9.17, 15) is 4.79 Å². The van der Waals surface area contributed by atoms with Gasteiger partial charge in [0, 0.05) is 11.9 Å². The predicted molar refractivity (Wildman–Crippen MR) is 80.7 cm³/mol. The van der Waals surface area contributed by atoms with Gasteiger partial charge >= 0.3 is 0 Å². The fraction of sp³-hybridized carbons (Fsp3) is 0.200. The number of para-hydroxylation sites is 2. The molecule has 4 nitrogen and oxygen atoms in total. The fourth-order valence-corrected chi connectivity index (χ4v) is 3.00. The number of carbonyl (C=O) groups excluding carboxylic acids is 1. The summed E-state index contributed by atoms with van der Waals surface area (Å²) in [5.74, 6) is 0.745. The Kier molecular flexibility index (Phi) is 3.38. The summed E-state index contributed by atoms with van der Waals surface area (Å²) in [6, 6.07) is 11.1. The van der Waals surface area contributed by atoms with Gasteiger partial charge in [0.2, 0.25) is 0 Å². The number of aromatic nitrogens is 2. The van der Waals surface area contributed by atoms with Crippen LogP contribution in [0, 0.1) is 0 Å². The van der Waals surface area contributed by atoms with Gasteiger partial charge in [-0.3, -0.25) is 4.79 Å². The maximum Gasteiger partial charge on any atom is 0.162 e. The molecule has 0 amide bonds. The van der Waals surface area contributed by atoms with Crippen molar-refractivity contribution in [3.05, 3.63) is 52.5 Å². The van der Waals surface area contributed by atoms with Gasteiger partial charge in [-0.1, -0.05) is 18.2 Å². The number of rotatable bonds is 4. The zero-order valence-corrected chi connectivity index (χ0v) is 11.9. The lowest BCUT2D eigenvalue weighted by molar-refractivity contribution is -0.119. The number of hydrogen-bond donors (Lipinski definition) is 1. The van der Waals surface area contributed by atoms with E-state index in [1.54, 1.807) is 0 Å². The number of nitrogens with zero attached hydrogens (tertiary/aromatic N) is 2. The summed E-state index contributed by atoms with van der Waals surface area (Å²) in [5, 5.41) is 1.93. The van der Waals surface area contributed by atoms with Crippen LogP contribution in [-0.4, -0.2) is 15.3 Å². The van der Waals surface area contributed by atoms with Crippen LogP contribution in [0.3, 0.4) is 0 Å². The van der Waals surface area contributed by atoms with Crippen molar-refractivity contribution in [3.8, 4) is 0 Å². The maximum atomic E-state index is 12.3. The largest absolute Gasteiger partial charge is 0.331 e. The van der Waals surface area contributed by atoms with E-state index in [0.29, 0.717) is 0 Å². The van der Waals surface area contributed by atoms with Gasteiger partial charge in [0.1, 0.15) is 5.82 Å². The molecule has 2 N–H and O–H groups in total. The summed E-state index contributed by atoms with van der Waals surface area (Å²) in [5.41, 5.74) is 7.93. The molecule has 1 atom stereocenters. The Morgan fingerprint density at radius 2 is 2.15 bits per heavy atom. The van der Waals surface area contributed by atoms with Crippen LogP contribution < -0.4 is 5.73 Å². The molecule has 102 valence electrons. The molecule has 0 aliphatic heterocycles. The molecule has 1 unspecified atom stereocenters. The Hall–Kier alpha value is -1.98. The molecule has 0 saturated carbocycles. The zero-order valence-electron chi connectivity index (χ0n) is 11.1. The standard InChI is InChI=1S/C15H15N3OS/c1-18-11-6-3-2-5-10(11)17-14(18)9-12(19)15(16)13-7-4-8-20-13/h2-8,15H,9,16H2,1H3. The average Bonchev–Trinajstić information content (AvgIpc) is 3.08. The molecular formula is C15H15N3OS. The molecule has 0 aliphatic rings. The Bertz CT molecular complexity index is 746. The summed E-state index contributed by atoms with van der Waals surface area (Å²) in [6.45, 7) is 0. The van der Waals surface area contributed by atoms with E-state index < -0.39 is 6.04 Å². The van der Waals surface area contributed by atoms with Gasteiger partial charge in [-0.05, 0) is 23.6 Å². The highest BCUT2D eigenvalue weighted by Gasteiger charge is 2.19. The van der Waals surface area contributed by atoms with Gasteiger partial charge in [0.25, 0.3) is 0 Å². The molecule has 3 rings (SSSR count). The summed E-state index contributed by atoms with van der Waals surface area (Å²) >= 11 is 1.51. The molecule has 0 spiro atoms. The van der Waals surface area contributed by atoms with Crippen LogP contribution in [0.2, 0.25) is 0 Å². The molecule has 3 aromatic rings. The smallest absolute Gasteiger partial charge is 0.162 e. The first-order valence-electron chi connectivity index (χ1n) is 6.39. The lowest BCUT2D eigenvalue weighted by Gasteiger charge is -2.08. The maximum absolute atomic E-state index is 12.3. The number of hydrogen-bond acceptors (Lipinski definition) is 4. The Morgan fingerprint density at radius 3 is 2.85 bits per heavy atom. The highest BCUT2D eigenvalue weighted by molar-refractivity contribution is 7.10. The third-order valence-electron chi connectivity index (χ3n) is 3.41. The number of benzene rings is 1. The number of aryl methyl sites for hydroxylation is 1. The average molecular weight is 285 g/mol. The van der Waals surface area contributed by atoms with E-state index >= 15 is 0 Å². The lowest BCUT2D eigenvalue weighted by Crippen LogP contribution is -2.23. The molecule has 2 heterocycles. The third-order valence-corrected chi connectivity index (χ3v) is 4.36. The summed E-state index contributed by atoms with van der Waals surface area (Å²) in [6.07, 6.45) is 0.254. The van der Waals surface area contributed by atoms with Crippen LogP contribution in [0.5, 0.6) is 0 Å². The van der Waals surface area contributed by atoms with E-state index in [1.165, 1.54) is 11.3 Å². The number of fused-ring (bicyclic) bond motifs is 1. The summed E-state index contributed by atoms with van der Waals surface area (Å²) in [4.78, 5) is 17.7. The minimum Gasteiger partial charge on any atom is -0.331 e. The first kappa shape index (κ1) is 13.0. The van der Waals surface area contributed by atoms with Gasteiger partial charge in [-0.2, -0.15) is 0 Å². The minimum atomic E-state index is -0.560. The first-order chi connectivity index (χ1) is 9.66. The van der Waals surface area contributed by atoms with Gasteiger partial charge in [0.15, 0.2) is 5.78 Å². The minimum absolute atomic E-state index is 0.00847. The van der Waals surface area contributed by atoms with Crippen LogP contribution >= 0.6 is 11.3 Å². The Morgan fingerprint density at radius 1 is 1.35 bits per heavy atom. The number of ketones is 1. The second-order valence-electron chi connectivity index (χ2n) is 4.71. The van der Waals surface area contributed by atoms with Crippen molar-refractivity contribution in [2.24, 2.45) is 12.8 Å². The second kappa shape index (κ2) is 5.19. The number of imidazole rings is 1. The quantitative estimate of drug-likeness (QED) is 0.801. The topological polar surface area (TPSA) is 60.9 Å². The molecule has 1 aromatic carbocycles. The number of nitrogens with two attached hydrogens (primary N) is 1. The molecular weight excluding hydrogens is 270 g/mol. The highest BCUT2D eigenvalue weighted by Crippen LogP contribution is 2.20. The van der Waals surface area contributed by atoms with Crippen molar-refractivity contribution in [2.75, 3.05) is 0 Å². The zero-order chi connectivity index (χ0) is 14.1. The van der Waals surface area contributed by atoms with Gasteiger partial charge in [-0.15, -0.1) is 11.3 Å². The molecule has 0 bridgehead atoms. The Labute approximate surface area is 120 Å². The molecule has 5 heteroatoms. The van der Waals surface area contributed by atoms with Crippen molar-refractivity contribution in [1.82, 2.24) is 9.55 Å². The third kappa shape index (κ3) is 2.26. The fourth-order valence-electron chi connectivity index (χ4n) is 2.25.